The molecule has 0 aliphatic rings. The molecular formula is C16H19ClN2O3S. The Kier molecular flexibility index (Phi) is 5.29. The van der Waals surface area contributed by atoms with Crippen LogP contribution in [0.5, 0.6) is 5.88 Å². The largest absolute Gasteiger partial charge is 0.472 e. The molecular weight excluding hydrogens is 336 g/mol. The molecule has 2 rings (SSSR count). The van der Waals surface area contributed by atoms with Gasteiger partial charge in [0, 0.05) is 11.7 Å². The summed E-state index contributed by atoms with van der Waals surface area (Å²) in [5.41, 5.74) is 0.260. The highest BCUT2D eigenvalue weighted by molar-refractivity contribution is 7.89. The molecule has 0 fully saturated rings. The second-order valence-electron chi connectivity index (χ2n) is 6.06. The zero-order valence-corrected chi connectivity index (χ0v) is 14.8. The van der Waals surface area contributed by atoms with E-state index >= 15 is 0 Å². The summed E-state index contributed by atoms with van der Waals surface area (Å²) < 4.78 is 33.3. The van der Waals surface area contributed by atoms with Gasteiger partial charge in [-0.15, -0.1) is 0 Å². The van der Waals surface area contributed by atoms with Crippen molar-refractivity contribution < 1.29 is 13.2 Å². The van der Waals surface area contributed by atoms with Gasteiger partial charge < -0.3 is 4.74 Å². The van der Waals surface area contributed by atoms with E-state index in [-0.39, 0.29) is 22.4 Å². The Balaban J connectivity index is 2.33. The second-order valence-corrected chi connectivity index (χ2v) is 8.08. The summed E-state index contributed by atoms with van der Waals surface area (Å²) in [7, 11) is -3.85. The molecule has 0 amide bonds. The van der Waals surface area contributed by atoms with Crippen molar-refractivity contribution in [2.24, 2.45) is 0 Å². The average Bonchev–Trinajstić information content (AvgIpc) is 2.43. The summed E-state index contributed by atoms with van der Waals surface area (Å²) in [6.45, 7) is 5.45. The van der Waals surface area contributed by atoms with Gasteiger partial charge in [0.2, 0.25) is 15.9 Å². The Morgan fingerprint density at radius 3 is 2.43 bits per heavy atom. The first-order valence-electron chi connectivity index (χ1n) is 7.04. The van der Waals surface area contributed by atoms with E-state index in [1.54, 1.807) is 20.8 Å². The summed E-state index contributed by atoms with van der Waals surface area (Å²) in [6.07, 6.45) is 1.42. The third kappa shape index (κ3) is 4.92. The topological polar surface area (TPSA) is 68.3 Å². The van der Waals surface area contributed by atoms with Gasteiger partial charge in [-0.05, 0) is 32.4 Å². The van der Waals surface area contributed by atoms with Gasteiger partial charge in [0.25, 0.3) is 0 Å². The van der Waals surface area contributed by atoms with E-state index < -0.39 is 15.6 Å². The third-order valence-electron chi connectivity index (χ3n) is 2.75. The van der Waals surface area contributed by atoms with Gasteiger partial charge in [-0.3, -0.25) is 0 Å². The molecule has 1 aromatic carbocycles. The normalized spacial score (nSPS) is 12.2. The predicted octanol–water partition coefficient (Wildman–Crippen LogP) is 3.39. The summed E-state index contributed by atoms with van der Waals surface area (Å²) in [5, 5.41) is 0.0693. The average molecular weight is 355 g/mol. The highest BCUT2D eigenvalue weighted by atomic mass is 35.5. The molecule has 5 nitrogen and oxygen atoms in total. The molecule has 0 aliphatic heterocycles. The minimum atomic E-state index is -3.85. The van der Waals surface area contributed by atoms with Crippen molar-refractivity contribution in [3.63, 3.8) is 0 Å². The van der Waals surface area contributed by atoms with Crippen molar-refractivity contribution in [1.82, 2.24) is 9.71 Å². The first kappa shape index (κ1) is 17.7. The number of sulfonamides is 1. The molecule has 124 valence electrons. The zero-order valence-electron chi connectivity index (χ0n) is 13.2. The fraction of sp³-hybridized carbons (Fsp3) is 0.312. The molecule has 0 saturated heterocycles. The minimum Gasteiger partial charge on any atom is -0.472 e. The van der Waals surface area contributed by atoms with Crippen molar-refractivity contribution >= 4 is 21.6 Å². The monoisotopic (exact) mass is 354 g/mol. The van der Waals surface area contributed by atoms with E-state index in [1.165, 1.54) is 12.3 Å². The Hall–Kier alpha value is -1.63. The molecule has 0 spiro atoms. The van der Waals surface area contributed by atoms with E-state index in [9.17, 15) is 8.42 Å². The molecule has 7 heteroatoms. The summed E-state index contributed by atoms with van der Waals surface area (Å²) >= 11 is 6.09. The van der Waals surface area contributed by atoms with E-state index in [0.717, 1.165) is 5.56 Å². The lowest BCUT2D eigenvalue weighted by Crippen LogP contribution is -2.40. The number of pyridine rings is 1. The molecule has 23 heavy (non-hydrogen) atoms. The zero-order chi connectivity index (χ0) is 17.1. The van der Waals surface area contributed by atoms with Crippen LogP contribution >= 0.6 is 11.6 Å². The van der Waals surface area contributed by atoms with Crippen LogP contribution in [-0.4, -0.2) is 18.9 Å². The molecule has 1 heterocycles. The number of hydrogen-bond donors (Lipinski definition) is 1. The first-order chi connectivity index (χ1) is 10.7. The number of ether oxygens (including phenoxy) is 1. The second kappa shape index (κ2) is 6.86. The minimum absolute atomic E-state index is 0.0156. The van der Waals surface area contributed by atoms with Crippen LogP contribution in [0.1, 0.15) is 26.3 Å². The van der Waals surface area contributed by atoms with Crippen molar-refractivity contribution in [1.29, 1.82) is 0 Å². The van der Waals surface area contributed by atoms with E-state index in [1.807, 2.05) is 30.3 Å². The number of hydrogen-bond acceptors (Lipinski definition) is 4. The van der Waals surface area contributed by atoms with E-state index in [4.69, 9.17) is 16.3 Å². The van der Waals surface area contributed by atoms with Crippen LogP contribution in [0.3, 0.4) is 0 Å². The number of nitrogens with zero attached hydrogens (tertiary/aromatic N) is 1. The van der Waals surface area contributed by atoms with Crippen molar-refractivity contribution in [2.45, 2.75) is 37.8 Å². The van der Waals surface area contributed by atoms with Crippen molar-refractivity contribution in [3.05, 3.63) is 53.2 Å². The standard InChI is InChI=1S/C16H19ClN2O3S/c1-16(2,3)19-23(20,21)14-13(17)9-10-18-15(14)22-11-12-7-5-4-6-8-12/h4-10,19H,11H2,1-3H3. The number of benzene rings is 1. The van der Waals surface area contributed by atoms with Crippen LogP contribution in [0.25, 0.3) is 0 Å². The van der Waals surface area contributed by atoms with Crippen LogP contribution in [0.4, 0.5) is 0 Å². The Morgan fingerprint density at radius 1 is 1.17 bits per heavy atom. The molecule has 1 aromatic heterocycles. The summed E-state index contributed by atoms with van der Waals surface area (Å²) in [6, 6.07) is 10.8. The van der Waals surface area contributed by atoms with Gasteiger partial charge in [0.05, 0.1) is 5.02 Å². The van der Waals surface area contributed by atoms with Crippen LogP contribution in [0.15, 0.2) is 47.5 Å². The first-order valence-corrected chi connectivity index (χ1v) is 8.90. The smallest absolute Gasteiger partial charge is 0.247 e. The number of nitrogens with one attached hydrogen (secondary N) is 1. The fourth-order valence-electron chi connectivity index (χ4n) is 1.93. The Bertz CT molecular complexity index is 772. The predicted molar refractivity (Wildman–Crippen MR) is 90.1 cm³/mol. The van der Waals surface area contributed by atoms with Crippen molar-refractivity contribution in [2.75, 3.05) is 0 Å². The van der Waals surface area contributed by atoms with Crippen LogP contribution < -0.4 is 9.46 Å². The molecule has 1 N–H and O–H groups in total. The number of aromatic nitrogens is 1. The molecule has 0 atom stereocenters. The lowest BCUT2D eigenvalue weighted by molar-refractivity contribution is 0.284. The summed E-state index contributed by atoms with van der Waals surface area (Å²) in [4.78, 5) is 3.88. The highest BCUT2D eigenvalue weighted by Crippen LogP contribution is 2.30. The third-order valence-corrected chi connectivity index (χ3v) is 4.99. The molecule has 0 radical (unpaired) electrons. The van der Waals surface area contributed by atoms with E-state index in [0.29, 0.717) is 0 Å². The molecule has 2 aromatic rings. The maximum Gasteiger partial charge on any atom is 0.247 e. The number of rotatable bonds is 5. The maximum absolute atomic E-state index is 12.6. The quantitative estimate of drug-likeness (QED) is 0.893. The molecule has 0 bridgehead atoms. The van der Waals surface area contributed by atoms with Gasteiger partial charge in [-0.25, -0.2) is 18.1 Å². The van der Waals surface area contributed by atoms with Crippen LogP contribution in [-0.2, 0) is 16.6 Å². The number of halogens is 1. The van der Waals surface area contributed by atoms with Crippen LogP contribution in [0.2, 0.25) is 5.02 Å². The maximum atomic E-state index is 12.6. The van der Waals surface area contributed by atoms with Gasteiger partial charge in [0.15, 0.2) is 4.90 Å². The Labute approximate surface area is 141 Å². The van der Waals surface area contributed by atoms with Gasteiger partial charge in [-0.2, -0.15) is 0 Å². The lowest BCUT2D eigenvalue weighted by Gasteiger charge is -2.21. The highest BCUT2D eigenvalue weighted by Gasteiger charge is 2.28. The molecule has 0 unspecified atom stereocenters. The van der Waals surface area contributed by atoms with Gasteiger partial charge >= 0.3 is 0 Å². The fourth-order valence-corrected chi connectivity index (χ4v) is 3.95. The Morgan fingerprint density at radius 2 is 1.83 bits per heavy atom. The van der Waals surface area contributed by atoms with Gasteiger partial charge in [-0.1, -0.05) is 41.9 Å². The van der Waals surface area contributed by atoms with Crippen molar-refractivity contribution in [3.8, 4) is 5.88 Å². The van der Waals surface area contributed by atoms with E-state index in [2.05, 4.69) is 9.71 Å². The molecule has 0 aliphatic carbocycles. The lowest BCUT2D eigenvalue weighted by atomic mass is 10.1. The van der Waals surface area contributed by atoms with Crippen LogP contribution in [0, 0.1) is 0 Å². The van der Waals surface area contributed by atoms with Gasteiger partial charge in [0.1, 0.15) is 6.61 Å². The SMILES string of the molecule is CC(C)(C)NS(=O)(=O)c1c(Cl)ccnc1OCc1ccccc1. The summed E-state index contributed by atoms with van der Waals surface area (Å²) in [5.74, 6) is -0.0156. The molecule has 0 saturated carbocycles.